The molecule has 0 bridgehead atoms. The van der Waals surface area contributed by atoms with Gasteiger partial charge in [0, 0.05) is 17.3 Å². The van der Waals surface area contributed by atoms with Crippen LogP contribution in [0.3, 0.4) is 0 Å². The Morgan fingerprint density at radius 1 is 1.35 bits per heavy atom. The molecule has 1 aliphatic carbocycles. The lowest BCUT2D eigenvalue weighted by atomic mass is 10.2. The zero-order valence-electron chi connectivity index (χ0n) is 12.3. The molecule has 5 heteroatoms. The number of nitrogens with zero attached hydrogens (tertiary/aromatic N) is 2. The fourth-order valence-corrected chi connectivity index (χ4v) is 4.34. The average molecular weight is 307 g/mol. The van der Waals surface area contributed by atoms with Gasteiger partial charge in [0.15, 0.2) is 5.13 Å². The van der Waals surface area contributed by atoms with Crippen molar-refractivity contribution in [2.24, 2.45) is 0 Å². The Labute approximate surface area is 128 Å². The van der Waals surface area contributed by atoms with E-state index in [4.69, 9.17) is 9.97 Å². The van der Waals surface area contributed by atoms with Gasteiger partial charge in [-0.2, -0.15) is 0 Å². The van der Waals surface area contributed by atoms with Crippen LogP contribution in [0.4, 0.5) is 5.13 Å². The van der Waals surface area contributed by atoms with Crippen LogP contribution in [0, 0.1) is 0 Å². The number of hydrogen-bond donors (Lipinski definition) is 1. The van der Waals surface area contributed by atoms with Crippen LogP contribution < -0.4 is 5.32 Å². The van der Waals surface area contributed by atoms with Crippen LogP contribution in [0.15, 0.2) is 5.38 Å². The van der Waals surface area contributed by atoms with Crippen molar-refractivity contribution in [3.05, 3.63) is 16.1 Å². The molecule has 0 atom stereocenters. The van der Waals surface area contributed by atoms with E-state index >= 15 is 0 Å². The Kier molecular flexibility index (Phi) is 4.08. The van der Waals surface area contributed by atoms with Gasteiger partial charge in [-0.25, -0.2) is 9.97 Å². The van der Waals surface area contributed by atoms with Gasteiger partial charge in [-0.3, -0.25) is 0 Å². The quantitative estimate of drug-likeness (QED) is 0.823. The Morgan fingerprint density at radius 2 is 2.15 bits per heavy atom. The van der Waals surface area contributed by atoms with Crippen molar-refractivity contribution in [2.45, 2.75) is 58.4 Å². The largest absolute Gasteiger partial charge is 0.359 e. The van der Waals surface area contributed by atoms with Crippen molar-refractivity contribution in [1.82, 2.24) is 9.97 Å². The first-order valence-electron chi connectivity index (χ1n) is 7.39. The molecular formula is C15H21N3S2. The van der Waals surface area contributed by atoms with E-state index < -0.39 is 0 Å². The molecule has 0 saturated heterocycles. The standard InChI is InChI=1S/C15H21N3S2/c1-4-5-12-18-13(10-6-7-10)14(20-12)11-8-19-15(17-11)16-9(2)3/h8-10H,4-7H2,1-3H3,(H,16,17). The third kappa shape index (κ3) is 3.04. The molecule has 3 nitrogen and oxygen atoms in total. The molecule has 108 valence electrons. The number of anilines is 1. The van der Waals surface area contributed by atoms with E-state index in [1.165, 1.54) is 28.4 Å². The highest BCUT2D eigenvalue weighted by Crippen LogP contribution is 2.46. The van der Waals surface area contributed by atoms with E-state index in [9.17, 15) is 0 Å². The van der Waals surface area contributed by atoms with E-state index in [1.54, 1.807) is 11.3 Å². The highest BCUT2D eigenvalue weighted by molar-refractivity contribution is 7.16. The summed E-state index contributed by atoms with van der Waals surface area (Å²) in [6, 6.07) is 0.425. The molecule has 1 fully saturated rings. The highest BCUT2D eigenvalue weighted by Gasteiger charge is 2.30. The SMILES string of the molecule is CCCc1nc(C2CC2)c(-c2csc(NC(C)C)n2)s1. The summed E-state index contributed by atoms with van der Waals surface area (Å²) in [6.45, 7) is 6.50. The molecule has 3 rings (SSSR count). The molecule has 0 amide bonds. The summed E-state index contributed by atoms with van der Waals surface area (Å²) in [6.07, 6.45) is 4.84. The fourth-order valence-electron chi connectivity index (χ4n) is 2.21. The normalized spacial score (nSPS) is 15.0. The predicted molar refractivity (Wildman–Crippen MR) is 88.0 cm³/mol. The summed E-state index contributed by atoms with van der Waals surface area (Å²) < 4.78 is 0. The maximum absolute atomic E-state index is 4.87. The molecule has 0 aliphatic heterocycles. The van der Waals surface area contributed by atoms with E-state index in [0.29, 0.717) is 12.0 Å². The minimum Gasteiger partial charge on any atom is -0.359 e. The van der Waals surface area contributed by atoms with Crippen molar-refractivity contribution < 1.29 is 0 Å². The topological polar surface area (TPSA) is 37.8 Å². The second-order valence-electron chi connectivity index (χ2n) is 5.68. The first-order chi connectivity index (χ1) is 9.67. The first-order valence-corrected chi connectivity index (χ1v) is 9.09. The van der Waals surface area contributed by atoms with Gasteiger partial charge in [0.2, 0.25) is 0 Å². The van der Waals surface area contributed by atoms with Crippen LogP contribution in [0.1, 0.15) is 56.7 Å². The molecule has 0 unspecified atom stereocenters. The second-order valence-corrected chi connectivity index (χ2v) is 7.62. The van der Waals surface area contributed by atoms with Gasteiger partial charge >= 0.3 is 0 Å². The number of aromatic nitrogens is 2. The lowest BCUT2D eigenvalue weighted by Gasteiger charge is -2.04. The number of thiazole rings is 2. The zero-order valence-corrected chi connectivity index (χ0v) is 13.9. The highest BCUT2D eigenvalue weighted by atomic mass is 32.1. The van der Waals surface area contributed by atoms with Gasteiger partial charge in [0.1, 0.15) is 0 Å². The van der Waals surface area contributed by atoms with Crippen LogP contribution >= 0.6 is 22.7 Å². The Hall–Kier alpha value is -0.940. The zero-order chi connectivity index (χ0) is 14.1. The van der Waals surface area contributed by atoms with Crippen LogP contribution in [-0.4, -0.2) is 16.0 Å². The van der Waals surface area contributed by atoms with Crippen LogP contribution in [0.25, 0.3) is 10.6 Å². The van der Waals surface area contributed by atoms with E-state index in [0.717, 1.165) is 23.7 Å². The predicted octanol–water partition coefficient (Wildman–Crippen LogP) is 4.92. The molecule has 20 heavy (non-hydrogen) atoms. The van der Waals surface area contributed by atoms with Gasteiger partial charge < -0.3 is 5.32 Å². The van der Waals surface area contributed by atoms with Crippen molar-refractivity contribution in [3.63, 3.8) is 0 Å². The number of hydrogen-bond acceptors (Lipinski definition) is 5. The summed E-state index contributed by atoms with van der Waals surface area (Å²) in [4.78, 5) is 10.9. The minimum absolute atomic E-state index is 0.425. The molecule has 0 aromatic carbocycles. The minimum atomic E-state index is 0.425. The lowest BCUT2D eigenvalue weighted by molar-refractivity contribution is 0.891. The molecule has 0 spiro atoms. The monoisotopic (exact) mass is 307 g/mol. The van der Waals surface area contributed by atoms with E-state index in [-0.39, 0.29) is 0 Å². The first kappa shape index (κ1) is 14.0. The molecule has 0 radical (unpaired) electrons. The number of rotatable bonds is 6. The van der Waals surface area contributed by atoms with E-state index in [1.807, 2.05) is 11.3 Å². The third-order valence-electron chi connectivity index (χ3n) is 3.27. The molecule has 2 aromatic heterocycles. The maximum atomic E-state index is 4.87. The Balaban J connectivity index is 1.89. The summed E-state index contributed by atoms with van der Waals surface area (Å²) in [7, 11) is 0. The smallest absolute Gasteiger partial charge is 0.183 e. The number of nitrogens with one attached hydrogen (secondary N) is 1. The van der Waals surface area contributed by atoms with Crippen molar-refractivity contribution in [1.29, 1.82) is 0 Å². The average Bonchev–Trinajstić information content (AvgIpc) is 2.99. The lowest BCUT2D eigenvalue weighted by Crippen LogP contribution is -2.08. The van der Waals surface area contributed by atoms with Crippen LogP contribution in [0.5, 0.6) is 0 Å². The van der Waals surface area contributed by atoms with Crippen LogP contribution in [0.2, 0.25) is 0 Å². The van der Waals surface area contributed by atoms with Gasteiger partial charge in [-0.15, -0.1) is 22.7 Å². The molecule has 1 aliphatic rings. The summed E-state index contributed by atoms with van der Waals surface area (Å²) in [5.74, 6) is 0.690. The molecular weight excluding hydrogens is 286 g/mol. The van der Waals surface area contributed by atoms with Crippen molar-refractivity contribution in [3.8, 4) is 10.6 Å². The van der Waals surface area contributed by atoms with Gasteiger partial charge in [0.05, 0.1) is 21.3 Å². The van der Waals surface area contributed by atoms with Gasteiger partial charge in [-0.05, 0) is 39.5 Å². The van der Waals surface area contributed by atoms with Gasteiger partial charge in [0.25, 0.3) is 0 Å². The molecule has 2 heterocycles. The Morgan fingerprint density at radius 3 is 2.80 bits per heavy atom. The summed E-state index contributed by atoms with van der Waals surface area (Å²) >= 11 is 3.54. The summed E-state index contributed by atoms with van der Waals surface area (Å²) in [5, 5.41) is 7.84. The third-order valence-corrected chi connectivity index (χ3v) is 5.20. The molecule has 1 N–H and O–H groups in total. The molecule has 1 saturated carbocycles. The fraction of sp³-hybridized carbons (Fsp3) is 0.600. The second kappa shape index (κ2) is 5.82. The maximum Gasteiger partial charge on any atom is 0.183 e. The van der Waals surface area contributed by atoms with Crippen LogP contribution in [-0.2, 0) is 6.42 Å². The molecule has 2 aromatic rings. The Bertz CT molecular complexity index is 582. The van der Waals surface area contributed by atoms with Crippen molar-refractivity contribution in [2.75, 3.05) is 5.32 Å². The number of aryl methyl sites for hydroxylation is 1. The van der Waals surface area contributed by atoms with Crippen molar-refractivity contribution >= 4 is 27.8 Å². The summed E-state index contributed by atoms with van der Waals surface area (Å²) in [5.41, 5.74) is 2.42. The van der Waals surface area contributed by atoms with E-state index in [2.05, 4.69) is 31.5 Å². The van der Waals surface area contributed by atoms with Gasteiger partial charge in [-0.1, -0.05) is 6.92 Å².